The highest BCUT2D eigenvalue weighted by Gasteiger charge is 2.24. The molecule has 1 aliphatic heterocycles. The average molecular weight is 315 g/mol. The first kappa shape index (κ1) is 13.3. The molecule has 1 atom stereocenters. The molecule has 1 aliphatic rings. The summed E-state index contributed by atoms with van der Waals surface area (Å²) in [6, 6.07) is 1.66. The highest BCUT2D eigenvalue weighted by atomic mass is 79.9. The lowest BCUT2D eigenvalue weighted by Gasteiger charge is -2.15. The van der Waals surface area contributed by atoms with Crippen molar-refractivity contribution < 1.29 is 14.3 Å². The second-order valence-corrected chi connectivity index (χ2v) is 5.20. The number of hydrogen-bond donors (Lipinski definition) is 0. The van der Waals surface area contributed by atoms with Crippen LogP contribution in [0, 0.1) is 0 Å². The maximum Gasteiger partial charge on any atom is 0.343 e. The first-order chi connectivity index (χ1) is 8.60. The van der Waals surface area contributed by atoms with Crippen LogP contribution in [0.4, 0.5) is 0 Å². The molecule has 1 aromatic heterocycles. The van der Waals surface area contributed by atoms with Gasteiger partial charge in [-0.2, -0.15) is 0 Å². The quantitative estimate of drug-likeness (QED) is 0.795. The molecule has 6 heteroatoms. The molecule has 0 saturated carbocycles. The number of esters is 1. The predicted octanol–water partition coefficient (Wildman–Crippen LogP) is 1.71. The second-order valence-electron chi connectivity index (χ2n) is 4.29. The zero-order valence-electron chi connectivity index (χ0n) is 10.4. The van der Waals surface area contributed by atoms with Crippen LogP contribution >= 0.6 is 15.9 Å². The standard InChI is InChI=1S/C12H15BrN2O3/c1-15-4-3-9(7-15)18-11-10(12(16)17-2)5-8(13)6-14-11/h5-6,9H,3-4,7H2,1-2H3. The van der Waals surface area contributed by atoms with Gasteiger partial charge in [-0.1, -0.05) is 0 Å². The number of likely N-dealkylation sites (tertiary alicyclic amines) is 1. The molecule has 0 spiro atoms. The number of halogens is 1. The molecule has 2 heterocycles. The van der Waals surface area contributed by atoms with Crippen LogP contribution in [-0.2, 0) is 4.74 Å². The van der Waals surface area contributed by atoms with Gasteiger partial charge in [-0.15, -0.1) is 0 Å². The summed E-state index contributed by atoms with van der Waals surface area (Å²) < 4.78 is 11.2. The van der Waals surface area contributed by atoms with E-state index in [0.717, 1.165) is 24.0 Å². The smallest absolute Gasteiger partial charge is 0.343 e. The Morgan fingerprint density at radius 3 is 3.00 bits per heavy atom. The first-order valence-electron chi connectivity index (χ1n) is 5.69. The van der Waals surface area contributed by atoms with Crippen LogP contribution in [0.2, 0.25) is 0 Å². The van der Waals surface area contributed by atoms with Gasteiger partial charge in [-0.3, -0.25) is 0 Å². The molecule has 0 aliphatic carbocycles. The van der Waals surface area contributed by atoms with Crippen molar-refractivity contribution in [2.75, 3.05) is 27.2 Å². The van der Waals surface area contributed by atoms with Crippen molar-refractivity contribution in [3.63, 3.8) is 0 Å². The van der Waals surface area contributed by atoms with Crippen molar-refractivity contribution in [3.8, 4) is 5.88 Å². The summed E-state index contributed by atoms with van der Waals surface area (Å²) in [5, 5.41) is 0. The van der Waals surface area contributed by atoms with Crippen LogP contribution in [0.1, 0.15) is 16.8 Å². The minimum atomic E-state index is -0.440. The van der Waals surface area contributed by atoms with Crippen molar-refractivity contribution in [1.82, 2.24) is 9.88 Å². The van der Waals surface area contributed by atoms with Gasteiger partial charge in [-0.25, -0.2) is 9.78 Å². The Balaban J connectivity index is 2.18. The number of pyridine rings is 1. The Morgan fingerprint density at radius 2 is 2.39 bits per heavy atom. The Bertz CT molecular complexity index is 453. The van der Waals surface area contributed by atoms with Gasteiger partial charge in [0.05, 0.1) is 7.11 Å². The summed E-state index contributed by atoms with van der Waals surface area (Å²) >= 11 is 3.28. The number of rotatable bonds is 3. The van der Waals surface area contributed by atoms with Gasteiger partial charge in [0.15, 0.2) is 0 Å². The number of aromatic nitrogens is 1. The van der Waals surface area contributed by atoms with Crippen molar-refractivity contribution >= 4 is 21.9 Å². The summed E-state index contributed by atoms with van der Waals surface area (Å²) in [5.41, 5.74) is 0.349. The number of methoxy groups -OCH3 is 1. The topological polar surface area (TPSA) is 51.7 Å². The van der Waals surface area contributed by atoms with Crippen molar-refractivity contribution in [2.45, 2.75) is 12.5 Å². The molecule has 0 N–H and O–H groups in total. The zero-order chi connectivity index (χ0) is 13.1. The molecule has 0 amide bonds. The monoisotopic (exact) mass is 314 g/mol. The second kappa shape index (κ2) is 5.67. The molecule has 1 fully saturated rings. The van der Waals surface area contributed by atoms with E-state index >= 15 is 0 Å². The van der Waals surface area contributed by atoms with Crippen LogP contribution in [0.3, 0.4) is 0 Å². The van der Waals surface area contributed by atoms with Gasteiger partial charge >= 0.3 is 5.97 Å². The lowest BCUT2D eigenvalue weighted by molar-refractivity contribution is 0.0591. The minimum Gasteiger partial charge on any atom is -0.472 e. The van der Waals surface area contributed by atoms with Gasteiger partial charge in [0.2, 0.25) is 5.88 Å². The van der Waals surface area contributed by atoms with Gasteiger partial charge in [0.1, 0.15) is 11.7 Å². The maximum absolute atomic E-state index is 11.7. The number of ether oxygens (including phenoxy) is 2. The number of carbonyl (C=O) groups excluding carboxylic acids is 1. The molecule has 1 saturated heterocycles. The van der Waals surface area contributed by atoms with Crippen LogP contribution < -0.4 is 4.74 Å². The van der Waals surface area contributed by atoms with E-state index in [-0.39, 0.29) is 6.10 Å². The minimum absolute atomic E-state index is 0.0760. The Labute approximate surface area is 114 Å². The lowest BCUT2D eigenvalue weighted by atomic mass is 10.2. The molecule has 0 radical (unpaired) electrons. The molecule has 2 rings (SSSR count). The van der Waals surface area contributed by atoms with Gasteiger partial charge in [-0.05, 0) is 35.5 Å². The molecular weight excluding hydrogens is 300 g/mol. The lowest BCUT2D eigenvalue weighted by Crippen LogP contribution is -2.23. The number of carbonyl (C=O) groups is 1. The van der Waals surface area contributed by atoms with E-state index in [1.165, 1.54) is 7.11 Å². The fourth-order valence-electron chi connectivity index (χ4n) is 1.93. The summed E-state index contributed by atoms with van der Waals surface area (Å²) in [7, 11) is 3.38. The Morgan fingerprint density at radius 1 is 1.61 bits per heavy atom. The van der Waals surface area contributed by atoms with Crippen LogP contribution in [0.5, 0.6) is 5.88 Å². The largest absolute Gasteiger partial charge is 0.472 e. The summed E-state index contributed by atoms with van der Waals surface area (Å²) in [5.74, 6) is -0.101. The normalized spacial score (nSPS) is 19.8. The predicted molar refractivity (Wildman–Crippen MR) is 69.8 cm³/mol. The van der Waals surface area contributed by atoms with E-state index in [1.807, 2.05) is 7.05 Å². The molecule has 5 nitrogen and oxygen atoms in total. The third-order valence-corrected chi connectivity index (χ3v) is 3.28. The Hall–Kier alpha value is -1.14. The van der Waals surface area contributed by atoms with Crippen LogP contribution in [-0.4, -0.2) is 49.2 Å². The average Bonchev–Trinajstić information content (AvgIpc) is 2.76. The molecule has 0 aromatic carbocycles. The van der Waals surface area contributed by atoms with E-state index in [1.54, 1.807) is 12.3 Å². The summed E-state index contributed by atoms with van der Waals surface area (Å²) in [6.45, 7) is 1.84. The van der Waals surface area contributed by atoms with Crippen molar-refractivity contribution in [3.05, 3.63) is 22.3 Å². The van der Waals surface area contributed by atoms with Gasteiger partial charge in [0.25, 0.3) is 0 Å². The highest BCUT2D eigenvalue weighted by Crippen LogP contribution is 2.23. The first-order valence-corrected chi connectivity index (χ1v) is 6.48. The van der Waals surface area contributed by atoms with Crippen molar-refractivity contribution in [1.29, 1.82) is 0 Å². The number of nitrogens with zero attached hydrogens (tertiary/aromatic N) is 2. The van der Waals surface area contributed by atoms with Crippen LogP contribution in [0.25, 0.3) is 0 Å². The summed E-state index contributed by atoms with van der Waals surface area (Å²) in [4.78, 5) is 18.0. The zero-order valence-corrected chi connectivity index (χ0v) is 11.9. The van der Waals surface area contributed by atoms with E-state index in [4.69, 9.17) is 9.47 Å². The molecular formula is C12H15BrN2O3. The third kappa shape index (κ3) is 3.00. The van der Waals surface area contributed by atoms with E-state index in [2.05, 4.69) is 25.8 Å². The van der Waals surface area contributed by atoms with E-state index < -0.39 is 5.97 Å². The SMILES string of the molecule is COC(=O)c1cc(Br)cnc1OC1CCN(C)C1. The molecule has 98 valence electrons. The fourth-order valence-corrected chi connectivity index (χ4v) is 2.26. The third-order valence-electron chi connectivity index (χ3n) is 2.85. The maximum atomic E-state index is 11.7. The van der Waals surface area contributed by atoms with E-state index in [0.29, 0.717) is 11.4 Å². The number of hydrogen-bond acceptors (Lipinski definition) is 5. The highest BCUT2D eigenvalue weighted by molar-refractivity contribution is 9.10. The van der Waals surface area contributed by atoms with E-state index in [9.17, 15) is 4.79 Å². The van der Waals surface area contributed by atoms with Gasteiger partial charge in [0, 0.05) is 23.8 Å². The number of likely N-dealkylation sites (N-methyl/N-ethyl adjacent to an activating group) is 1. The fraction of sp³-hybridized carbons (Fsp3) is 0.500. The molecule has 0 bridgehead atoms. The van der Waals surface area contributed by atoms with Crippen LogP contribution in [0.15, 0.2) is 16.7 Å². The van der Waals surface area contributed by atoms with Crippen molar-refractivity contribution in [2.24, 2.45) is 0 Å². The van der Waals surface area contributed by atoms with Gasteiger partial charge < -0.3 is 14.4 Å². The summed E-state index contributed by atoms with van der Waals surface area (Å²) in [6.07, 6.45) is 2.63. The molecule has 18 heavy (non-hydrogen) atoms. The molecule has 1 unspecified atom stereocenters. The molecule has 1 aromatic rings. The Kier molecular flexibility index (Phi) is 4.19.